The average Bonchev–Trinajstić information content (AvgIpc) is 2.80. The lowest BCUT2D eigenvalue weighted by Gasteiger charge is -2.19. The third-order valence-electron chi connectivity index (χ3n) is 6.56. The zero-order chi connectivity index (χ0) is 24.8. The minimum absolute atomic E-state index is 0.544. The van der Waals surface area contributed by atoms with Gasteiger partial charge in [0, 0.05) is 11.6 Å². The molecule has 1 aliphatic heterocycles. The van der Waals surface area contributed by atoms with Gasteiger partial charge in [-0.1, -0.05) is 35.5 Å². The third-order valence-corrected chi connectivity index (χ3v) is 6.56. The second-order valence-corrected chi connectivity index (χ2v) is 9.65. The number of nitrogens with zero attached hydrogens (tertiary/aromatic N) is 1. The highest BCUT2D eigenvalue weighted by molar-refractivity contribution is 5.60. The van der Waals surface area contributed by atoms with Gasteiger partial charge in [-0.15, -0.1) is 0 Å². The zero-order valence-electron chi connectivity index (χ0n) is 22.0. The van der Waals surface area contributed by atoms with Gasteiger partial charge >= 0.3 is 0 Å². The number of fused-ring (bicyclic) bond motifs is 2. The molecule has 2 aromatic rings. The Kier molecular flexibility index (Phi) is 8.55. The Morgan fingerprint density at radius 1 is 0.912 bits per heavy atom. The number of hydrogen-bond acceptors (Lipinski definition) is 3. The highest BCUT2D eigenvalue weighted by Gasteiger charge is 2.18. The molecule has 0 spiro atoms. The number of benzene rings is 2. The van der Waals surface area contributed by atoms with Crippen molar-refractivity contribution in [2.24, 2.45) is 4.99 Å². The van der Waals surface area contributed by atoms with Crippen molar-refractivity contribution >= 4 is 12.3 Å². The molecular weight excluding hydrogens is 418 g/mol. The van der Waals surface area contributed by atoms with E-state index in [1.54, 1.807) is 0 Å². The molecule has 0 bridgehead atoms. The Morgan fingerprint density at radius 2 is 1.59 bits per heavy atom. The lowest BCUT2D eigenvalue weighted by Crippen LogP contribution is -2.24. The van der Waals surface area contributed by atoms with Crippen molar-refractivity contribution in [2.75, 3.05) is 6.61 Å². The summed E-state index contributed by atoms with van der Waals surface area (Å²) < 4.78 is 12.3. The fraction of sp³-hybridized carbons (Fsp3) is 0.387. The molecule has 34 heavy (non-hydrogen) atoms. The van der Waals surface area contributed by atoms with Crippen LogP contribution in [0.15, 0.2) is 58.1 Å². The van der Waals surface area contributed by atoms with Gasteiger partial charge < -0.3 is 9.47 Å². The van der Waals surface area contributed by atoms with E-state index in [2.05, 4.69) is 66.3 Å². The first-order valence-electron chi connectivity index (χ1n) is 12.2. The molecule has 0 radical (unpaired) electrons. The molecule has 0 saturated heterocycles. The summed E-state index contributed by atoms with van der Waals surface area (Å²) in [7, 11) is 0. The Bertz CT molecular complexity index is 1260. The van der Waals surface area contributed by atoms with Crippen molar-refractivity contribution in [3.8, 4) is 17.2 Å². The Morgan fingerprint density at radius 3 is 2.29 bits per heavy atom. The first-order valence-corrected chi connectivity index (χ1v) is 12.2. The first-order chi connectivity index (χ1) is 16.2. The molecule has 0 unspecified atom stereocenters. The highest BCUT2D eigenvalue weighted by atomic mass is 16.5. The van der Waals surface area contributed by atoms with E-state index < -0.39 is 0 Å². The highest BCUT2D eigenvalue weighted by Crippen LogP contribution is 2.37. The normalized spacial score (nSPS) is 12.9. The van der Waals surface area contributed by atoms with Gasteiger partial charge in [-0.25, -0.2) is 4.99 Å². The molecule has 3 nitrogen and oxygen atoms in total. The molecule has 0 N–H and O–H groups in total. The first kappa shape index (κ1) is 25.6. The molecule has 2 aromatic carbocycles. The SMILES string of the molecule is C=c1c(C)c(C)c2c(c1C)Oc1cc(OC/C=C(\C)CC/C=C(\C)CCC=C(C)C)ccc1N=2. The largest absolute Gasteiger partial charge is 0.489 e. The van der Waals surface area contributed by atoms with E-state index in [0.29, 0.717) is 6.61 Å². The van der Waals surface area contributed by atoms with Crippen molar-refractivity contribution < 1.29 is 9.47 Å². The van der Waals surface area contributed by atoms with E-state index in [4.69, 9.17) is 14.5 Å². The van der Waals surface area contributed by atoms with Gasteiger partial charge in [0.05, 0.1) is 0 Å². The van der Waals surface area contributed by atoms with Gasteiger partial charge in [0.2, 0.25) is 0 Å². The number of hydrogen-bond donors (Lipinski definition) is 0. The second kappa shape index (κ2) is 11.4. The third kappa shape index (κ3) is 6.28. The van der Waals surface area contributed by atoms with Crippen LogP contribution >= 0.6 is 0 Å². The van der Waals surface area contributed by atoms with Gasteiger partial charge in [0.1, 0.15) is 23.4 Å². The van der Waals surface area contributed by atoms with Crippen LogP contribution < -0.4 is 20.0 Å². The molecular formula is C31H39NO2. The maximum atomic E-state index is 6.27. The molecule has 0 aromatic heterocycles. The maximum absolute atomic E-state index is 6.27. The Labute approximate surface area is 205 Å². The maximum Gasteiger partial charge on any atom is 0.156 e. The molecule has 0 saturated carbocycles. The zero-order valence-corrected chi connectivity index (χ0v) is 22.0. The van der Waals surface area contributed by atoms with Crippen LogP contribution in [-0.2, 0) is 0 Å². The van der Waals surface area contributed by atoms with Crippen molar-refractivity contribution in [1.29, 1.82) is 0 Å². The van der Waals surface area contributed by atoms with Crippen LogP contribution in [0.4, 0.5) is 5.69 Å². The minimum atomic E-state index is 0.544. The topological polar surface area (TPSA) is 30.8 Å². The van der Waals surface area contributed by atoms with E-state index in [1.165, 1.54) is 22.3 Å². The van der Waals surface area contributed by atoms with E-state index in [-0.39, 0.29) is 0 Å². The summed E-state index contributed by atoms with van der Waals surface area (Å²) in [5, 5.41) is 1.92. The Balaban J connectivity index is 1.59. The molecule has 0 amide bonds. The van der Waals surface area contributed by atoms with Crippen LogP contribution in [0.3, 0.4) is 0 Å². The predicted octanol–water partition coefficient (Wildman–Crippen LogP) is 7.88. The fourth-order valence-electron chi connectivity index (χ4n) is 4.04. The summed E-state index contributed by atoms with van der Waals surface area (Å²) in [4.78, 5) is 4.87. The van der Waals surface area contributed by atoms with E-state index in [1.807, 2.05) is 25.1 Å². The molecule has 0 atom stereocenters. The molecule has 3 rings (SSSR count). The molecule has 1 aliphatic rings. The van der Waals surface area contributed by atoms with E-state index in [0.717, 1.165) is 70.3 Å². The summed E-state index contributed by atoms with van der Waals surface area (Å²) in [6.07, 6.45) is 11.2. The minimum Gasteiger partial charge on any atom is -0.489 e. The molecule has 180 valence electrons. The monoisotopic (exact) mass is 457 g/mol. The molecule has 0 aliphatic carbocycles. The number of rotatable bonds is 9. The van der Waals surface area contributed by atoms with Crippen molar-refractivity contribution in [2.45, 2.75) is 74.1 Å². The van der Waals surface area contributed by atoms with Gasteiger partial charge in [0.25, 0.3) is 0 Å². The Hall–Kier alpha value is -3.07. The summed E-state index contributed by atoms with van der Waals surface area (Å²) in [5.41, 5.74) is 8.36. The van der Waals surface area contributed by atoms with Gasteiger partial charge in [-0.3, -0.25) is 0 Å². The fourth-order valence-corrected chi connectivity index (χ4v) is 4.04. The van der Waals surface area contributed by atoms with Gasteiger partial charge in [-0.2, -0.15) is 0 Å². The summed E-state index contributed by atoms with van der Waals surface area (Å²) >= 11 is 0. The van der Waals surface area contributed by atoms with Crippen LogP contribution in [-0.4, -0.2) is 6.61 Å². The van der Waals surface area contributed by atoms with Gasteiger partial charge in [0.15, 0.2) is 11.5 Å². The van der Waals surface area contributed by atoms with E-state index in [9.17, 15) is 0 Å². The van der Waals surface area contributed by atoms with E-state index >= 15 is 0 Å². The van der Waals surface area contributed by atoms with Crippen LogP contribution in [0.1, 0.15) is 70.1 Å². The smallest absolute Gasteiger partial charge is 0.156 e. The quantitative estimate of drug-likeness (QED) is 0.306. The number of allylic oxidation sites excluding steroid dienone is 5. The molecule has 3 heteroatoms. The van der Waals surface area contributed by atoms with Crippen molar-refractivity contribution in [1.82, 2.24) is 0 Å². The molecule has 0 fully saturated rings. The summed E-state index contributed by atoms with van der Waals surface area (Å²) in [6, 6.07) is 5.86. The van der Waals surface area contributed by atoms with Crippen LogP contribution in [0, 0.1) is 20.8 Å². The number of ether oxygens (including phenoxy) is 2. The average molecular weight is 458 g/mol. The summed E-state index contributed by atoms with van der Waals surface area (Å²) in [6.45, 7) is 19.7. The molecule has 1 heterocycles. The standard InChI is InChI=1S/C31H39NO2/c1-20(2)11-9-12-21(3)13-10-14-22(4)17-18-33-27-15-16-28-29(19-27)34-31-26(8)24(6)23(5)25(7)30(31)32-28/h11,13,15-17,19H,6,9-10,12,14,18H2,1-5,7-8H3/b21-13+,22-17+. The second-order valence-electron chi connectivity index (χ2n) is 9.65. The lowest BCUT2D eigenvalue weighted by atomic mass is 10.0. The van der Waals surface area contributed by atoms with Gasteiger partial charge in [-0.05, 0) is 109 Å². The van der Waals surface area contributed by atoms with Crippen LogP contribution in [0.25, 0.3) is 6.58 Å². The van der Waals surface area contributed by atoms with Crippen LogP contribution in [0.2, 0.25) is 0 Å². The van der Waals surface area contributed by atoms with Crippen molar-refractivity contribution in [3.63, 3.8) is 0 Å². The lowest BCUT2D eigenvalue weighted by molar-refractivity contribution is 0.358. The predicted molar refractivity (Wildman–Crippen MR) is 144 cm³/mol. The van der Waals surface area contributed by atoms with Crippen LogP contribution in [0.5, 0.6) is 17.2 Å². The van der Waals surface area contributed by atoms with Crippen molar-refractivity contribution in [3.05, 3.63) is 80.4 Å². The summed E-state index contributed by atoms with van der Waals surface area (Å²) in [5.74, 6) is 2.32.